The standard InChI is InChI=1S/C26H33FN2O3/c1-18(2)32-24-11-5-19(6-12-24)17-31-26(30)28-25(20-7-9-22(27)10-8-20)21-13-15-29-14-3-4-23(29)16-21/h5-12,18,21,23,25H,3-4,13-17H2,1-2H3,(H,28,30). The van der Waals surface area contributed by atoms with Crippen LogP contribution in [0.4, 0.5) is 9.18 Å². The maximum atomic E-state index is 13.5. The Morgan fingerprint density at radius 1 is 1.09 bits per heavy atom. The molecule has 2 aliphatic rings. The molecular formula is C26H33FN2O3. The van der Waals surface area contributed by atoms with E-state index in [1.807, 2.05) is 38.1 Å². The van der Waals surface area contributed by atoms with Gasteiger partial charge in [0.15, 0.2) is 0 Å². The summed E-state index contributed by atoms with van der Waals surface area (Å²) in [6, 6.07) is 14.4. The van der Waals surface area contributed by atoms with Crippen LogP contribution in [0.2, 0.25) is 0 Å². The van der Waals surface area contributed by atoms with Crippen LogP contribution in [-0.4, -0.2) is 36.2 Å². The van der Waals surface area contributed by atoms with E-state index >= 15 is 0 Å². The lowest BCUT2D eigenvalue weighted by atomic mass is 9.82. The summed E-state index contributed by atoms with van der Waals surface area (Å²) < 4.78 is 24.7. The van der Waals surface area contributed by atoms with Crippen LogP contribution in [0.3, 0.4) is 0 Å². The molecule has 0 spiro atoms. The van der Waals surface area contributed by atoms with Crippen LogP contribution in [-0.2, 0) is 11.3 Å². The highest BCUT2D eigenvalue weighted by molar-refractivity contribution is 5.68. The summed E-state index contributed by atoms with van der Waals surface area (Å²) in [5, 5.41) is 3.08. The fourth-order valence-corrected chi connectivity index (χ4v) is 4.96. The van der Waals surface area contributed by atoms with Crippen molar-refractivity contribution < 1.29 is 18.7 Å². The monoisotopic (exact) mass is 440 g/mol. The first-order valence-corrected chi connectivity index (χ1v) is 11.7. The first-order chi connectivity index (χ1) is 15.5. The number of amides is 1. The van der Waals surface area contributed by atoms with Crippen molar-refractivity contribution >= 4 is 6.09 Å². The van der Waals surface area contributed by atoms with Gasteiger partial charge in [-0.3, -0.25) is 0 Å². The van der Waals surface area contributed by atoms with Gasteiger partial charge in [-0.15, -0.1) is 0 Å². The molecule has 2 saturated heterocycles. The molecule has 172 valence electrons. The summed E-state index contributed by atoms with van der Waals surface area (Å²) in [4.78, 5) is 15.3. The third kappa shape index (κ3) is 5.80. The molecule has 2 aromatic carbocycles. The van der Waals surface area contributed by atoms with Crippen LogP contribution in [0.1, 0.15) is 56.7 Å². The van der Waals surface area contributed by atoms with E-state index in [1.54, 1.807) is 12.1 Å². The number of hydrogen-bond acceptors (Lipinski definition) is 4. The van der Waals surface area contributed by atoms with Crippen LogP contribution >= 0.6 is 0 Å². The number of nitrogens with one attached hydrogen (secondary N) is 1. The number of nitrogens with zero attached hydrogens (tertiary/aromatic N) is 1. The largest absolute Gasteiger partial charge is 0.491 e. The van der Waals surface area contributed by atoms with Gasteiger partial charge in [-0.1, -0.05) is 24.3 Å². The molecule has 3 unspecified atom stereocenters. The zero-order valence-electron chi connectivity index (χ0n) is 18.9. The molecule has 0 aliphatic carbocycles. The SMILES string of the molecule is CC(C)Oc1ccc(COC(=O)NC(c2ccc(F)cc2)C2CCN3CCCC3C2)cc1. The second-order valence-corrected chi connectivity index (χ2v) is 9.18. The lowest BCUT2D eigenvalue weighted by Gasteiger charge is -2.38. The molecule has 6 heteroatoms. The molecule has 2 aromatic rings. The van der Waals surface area contributed by atoms with Crippen molar-refractivity contribution in [3.63, 3.8) is 0 Å². The van der Waals surface area contributed by atoms with E-state index in [2.05, 4.69) is 10.2 Å². The van der Waals surface area contributed by atoms with Crippen LogP contribution in [0.5, 0.6) is 5.75 Å². The van der Waals surface area contributed by atoms with E-state index in [0.717, 1.165) is 36.3 Å². The molecule has 2 fully saturated rings. The van der Waals surface area contributed by atoms with Gasteiger partial charge in [0.05, 0.1) is 12.1 Å². The van der Waals surface area contributed by atoms with Gasteiger partial charge in [-0.2, -0.15) is 0 Å². The average molecular weight is 441 g/mol. The van der Waals surface area contributed by atoms with E-state index in [1.165, 1.54) is 31.5 Å². The van der Waals surface area contributed by atoms with Crippen molar-refractivity contribution in [3.8, 4) is 5.75 Å². The maximum absolute atomic E-state index is 13.5. The van der Waals surface area contributed by atoms with Gasteiger partial charge >= 0.3 is 6.09 Å². The molecular weight excluding hydrogens is 407 g/mol. The topological polar surface area (TPSA) is 50.8 Å². The van der Waals surface area contributed by atoms with Gasteiger partial charge in [-0.05, 0) is 93.9 Å². The summed E-state index contributed by atoms with van der Waals surface area (Å²) in [5.74, 6) is 0.827. The molecule has 32 heavy (non-hydrogen) atoms. The first kappa shape index (κ1) is 22.6. The van der Waals surface area contributed by atoms with Crippen molar-refractivity contribution in [2.24, 2.45) is 5.92 Å². The Balaban J connectivity index is 1.39. The zero-order valence-corrected chi connectivity index (χ0v) is 18.9. The summed E-state index contributed by atoms with van der Waals surface area (Å²) in [7, 11) is 0. The van der Waals surface area contributed by atoms with Crippen molar-refractivity contribution in [2.75, 3.05) is 13.1 Å². The molecule has 5 nitrogen and oxygen atoms in total. The number of rotatable bonds is 7. The fourth-order valence-electron chi connectivity index (χ4n) is 4.96. The second kappa shape index (κ2) is 10.3. The molecule has 1 amide bonds. The van der Waals surface area contributed by atoms with Gasteiger partial charge in [0.1, 0.15) is 18.2 Å². The Labute approximate surface area is 189 Å². The van der Waals surface area contributed by atoms with E-state index in [-0.39, 0.29) is 24.6 Å². The normalized spacial score (nSPS) is 21.8. The molecule has 3 atom stereocenters. The number of ether oxygens (including phenoxy) is 2. The smallest absolute Gasteiger partial charge is 0.407 e. The van der Waals surface area contributed by atoms with Crippen molar-refractivity contribution in [1.29, 1.82) is 0 Å². The highest BCUT2D eigenvalue weighted by Gasteiger charge is 2.36. The molecule has 0 saturated carbocycles. The number of alkyl carbamates (subject to hydrolysis) is 1. The second-order valence-electron chi connectivity index (χ2n) is 9.18. The van der Waals surface area contributed by atoms with Crippen LogP contribution < -0.4 is 10.1 Å². The molecule has 0 aromatic heterocycles. The number of piperidine rings is 1. The third-order valence-corrected chi connectivity index (χ3v) is 6.50. The van der Waals surface area contributed by atoms with E-state index in [0.29, 0.717) is 12.0 Å². The summed E-state index contributed by atoms with van der Waals surface area (Å²) in [6.45, 7) is 6.37. The first-order valence-electron chi connectivity index (χ1n) is 11.7. The van der Waals surface area contributed by atoms with Crippen LogP contribution in [0, 0.1) is 11.7 Å². The highest BCUT2D eigenvalue weighted by atomic mass is 19.1. The number of carbonyl (C=O) groups is 1. The summed E-state index contributed by atoms with van der Waals surface area (Å²) in [6.07, 6.45) is 4.18. The molecule has 2 aliphatic heterocycles. The van der Waals surface area contributed by atoms with E-state index in [4.69, 9.17) is 9.47 Å². The number of hydrogen-bond donors (Lipinski definition) is 1. The molecule has 4 rings (SSSR count). The lowest BCUT2D eigenvalue weighted by Crippen LogP contribution is -2.43. The van der Waals surface area contributed by atoms with Crippen LogP contribution in [0.25, 0.3) is 0 Å². The van der Waals surface area contributed by atoms with Crippen molar-refractivity contribution in [1.82, 2.24) is 10.2 Å². The minimum absolute atomic E-state index is 0.113. The summed E-state index contributed by atoms with van der Waals surface area (Å²) in [5.41, 5.74) is 1.82. The summed E-state index contributed by atoms with van der Waals surface area (Å²) >= 11 is 0. The predicted molar refractivity (Wildman–Crippen MR) is 122 cm³/mol. The Bertz CT molecular complexity index is 885. The molecule has 0 bridgehead atoms. The van der Waals surface area contributed by atoms with Gasteiger partial charge < -0.3 is 19.7 Å². The quantitative estimate of drug-likeness (QED) is 0.622. The van der Waals surface area contributed by atoms with Crippen molar-refractivity contribution in [3.05, 3.63) is 65.5 Å². The number of carbonyl (C=O) groups excluding carboxylic acids is 1. The molecule has 0 radical (unpaired) electrons. The Kier molecular flexibility index (Phi) is 7.30. The van der Waals surface area contributed by atoms with Gasteiger partial charge in [0.25, 0.3) is 0 Å². The average Bonchev–Trinajstić information content (AvgIpc) is 3.25. The Morgan fingerprint density at radius 2 is 1.84 bits per heavy atom. The lowest BCUT2D eigenvalue weighted by molar-refractivity contribution is 0.109. The fraction of sp³-hybridized carbons (Fsp3) is 0.500. The minimum Gasteiger partial charge on any atom is -0.491 e. The minimum atomic E-state index is -0.448. The third-order valence-electron chi connectivity index (χ3n) is 6.50. The number of halogens is 1. The Hall–Kier alpha value is -2.60. The zero-order chi connectivity index (χ0) is 22.5. The number of fused-ring (bicyclic) bond motifs is 1. The highest BCUT2D eigenvalue weighted by Crippen LogP contribution is 2.37. The van der Waals surface area contributed by atoms with E-state index in [9.17, 15) is 9.18 Å². The van der Waals surface area contributed by atoms with Gasteiger partial charge in [-0.25, -0.2) is 9.18 Å². The molecule has 2 heterocycles. The molecule has 1 N–H and O–H groups in total. The van der Waals surface area contributed by atoms with E-state index < -0.39 is 6.09 Å². The van der Waals surface area contributed by atoms with Crippen LogP contribution in [0.15, 0.2) is 48.5 Å². The maximum Gasteiger partial charge on any atom is 0.407 e. The Morgan fingerprint density at radius 3 is 2.56 bits per heavy atom. The van der Waals surface area contributed by atoms with Crippen molar-refractivity contribution in [2.45, 2.75) is 64.3 Å². The predicted octanol–water partition coefficient (Wildman–Crippen LogP) is 5.45. The number of benzene rings is 2. The van der Waals surface area contributed by atoms with Gasteiger partial charge in [0, 0.05) is 6.04 Å². The van der Waals surface area contributed by atoms with Gasteiger partial charge in [0.2, 0.25) is 0 Å².